The van der Waals surface area contributed by atoms with Crippen LogP contribution in [-0.2, 0) is 9.47 Å². The molecular weight excluding hydrogens is 470 g/mol. The predicted molar refractivity (Wildman–Crippen MR) is 151 cm³/mol. The third-order valence-electron chi connectivity index (χ3n) is 10.6. The monoisotopic (exact) mass is 517 g/mol. The second-order valence-electron chi connectivity index (χ2n) is 14.8. The molecule has 4 nitrogen and oxygen atoms in total. The van der Waals surface area contributed by atoms with Crippen LogP contribution in [0.3, 0.4) is 0 Å². The van der Waals surface area contributed by atoms with Gasteiger partial charge in [0.15, 0.2) is 5.79 Å². The fourth-order valence-corrected chi connectivity index (χ4v) is 8.53. The molecule has 0 aromatic heterocycles. The zero-order valence-electron chi connectivity index (χ0n) is 24.1. The van der Waals surface area contributed by atoms with Gasteiger partial charge in [-0.05, 0) is 93.2 Å². The highest BCUT2D eigenvalue weighted by Gasteiger charge is 2.57. The van der Waals surface area contributed by atoms with E-state index in [0.29, 0.717) is 23.7 Å². The first-order valence-corrected chi connectivity index (χ1v) is 15.0. The van der Waals surface area contributed by atoms with E-state index in [-0.39, 0.29) is 16.9 Å². The molecule has 1 spiro atoms. The van der Waals surface area contributed by atoms with Gasteiger partial charge in [-0.15, -0.1) is 0 Å². The van der Waals surface area contributed by atoms with Crippen molar-refractivity contribution < 1.29 is 14.6 Å². The molecular formula is C34H47NO3. The molecule has 1 saturated heterocycles. The molecule has 1 aromatic rings. The number of benzene rings is 1. The van der Waals surface area contributed by atoms with Gasteiger partial charge in [0.25, 0.3) is 0 Å². The smallest absolute Gasteiger partial charge is 0.169 e. The number of aliphatic hydroxyl groups is 1. The van der Waals surface area contributed by atoms with E-state index in [0.717, 1.165) is 57.3 Å². The Labute approximate surface area is 229 Å². The summed E-state index contributed by atoms with van der Waals surface area (Å²) in [6.45, 7) is 12.3. The molecule has 6 unspecified atom stereocenters. The Balaban J connectivity index is 1.35. The van der Waals surface area contributed by atoms with Crippen LogP contribution in [0.15, 0.2) is 35.4 Å². The van der Waals surface area contributed by atoms with Gasteiger partial charge in [-0.3, -0.25) is 0 Å². The van der Waals surface area contributed by atoms with Crippen molar-refractivity contribution in [1.29, 1.82) is 0 Å². The lowest BCUT2D eigenvalue weighted by Crippen LogP contribution is -2.52. The minimum atomic E-state index is -0.499. The van der Waals surface area contributed by atoms with E-state index in [2.05, 4.69) is 56.9 Å². The topological polar surface area (TPSA) is 64.7 Å². The Kier molecular flexibility index (Phi) is 6.43. The van der Waals surface area contributed by atoms with E-state index < -0.39 is 11.3 Å². The first kappa shape index (κ1) is 26.6. The molecule has 38 heavy (non-hydrogen) atoms. The largest absolute Gasteiger partial charge is 0.393 e. The summed E-state index contributed by atoms with van der Waals surface area (Å²) in [6, 6.07) is 8.90. The van der Waals surface area contributed by atoms with Crippen molar-refractivity contribution in [2.24, 2.45) is 34.3 Å². The van der Waals surface area contributed by atoms with Crippen molar-refractivity contribution in [2.75, 3.05) is 13.2 Å². The first-order valence-electron chi connectivity index (χ1n) is 15.0. The van der Waals surface area contributed by atoms with Gasteiger partial charge in [0.2, 0.25) is 0 Å². The summed E-state index contributed by atoms with van der Waals surface area (Å²) in [5.41, 5.74) is 11.5. The summed E-state index contributed by atoms with van der Waals surface area (Å²) >= 11 is 0. The zero-order chi connectivity index (χ0) is 26.9. The molecule has 1 aliphatic heterocycles. The summed E-state index contributed by atoms with van der Waals surface area (Å²) in [6.07, 6.45) is 8.43. The lowest BCUT2D eigenvalue weighted by molar-refractivity contribution is -0.312. The fraction of sp³-hybridized carbons (Fsp3) is 0.706. The van der Waals surface area contributed by atoms with Crippen LogP contribution in [0.4, 0.5) is 0 Å². The second kappa shape index (κ2) is 9.20. The summed E-state index contributed by atoms with van der Waals surface area (Å²) in [4.78, 5) is 0. The van der Waals surface area contributed by atoms with Crippen LogP contribution < -0.4 is 5.73 Å². The van der Waals surface area contributed by atoms with E-state index in [9.17, 15) is 5.11 Å². The number of hydrogen-bond donors (Lipinski definition) is 2. The molecule has 5 aliphatic rings. The van der Waals surface area contributed by atoms with Crippen LogP contribution in [0, 0.1) is 40.4 Å². The first-order chi connectivity index (χ1) is 17.9. The number of allylic oxidation sites excluding steroid dienone is 2. The number of ether oxygens (including phenoxy) is 2. The van der Waals surface area contributed by atoms with E-state index in [1.807, 2.05) is 13.8 Å². The number of fused-ring (bicyclic) bond motifs is 4. The van der Waals surface area contributed by atoms with E-state index >= 15 is 0 Å². The van der Waals surface area contributed by atoms with Gasteiger partial charge in [0, 0.05) is 29.7 Å². The fourth-order valence-electron chi connectivity index (χ4n) is 8.53. The highest BCUT2D eigenvalue weighted by atomic mass is 16.7. The maximum Gasteiger partial charge on any atom is 0.169 e. The molecule has 6 atom stereocenters. The number of rotatable bonds is 1. The molecule has 4 aliphatic carbocycles. The molecule has 3 N–H and O–H groups in total. The number of hydrogen-bond acceptors (Lipinski definition) is 4. The van der Waals surface area contributed by atoms with Crippen LogP contribution in [0.1, 0.15) is 103 Å². The molecule has 0 amide bonds. The van der Waals surface area contributed by atoms with E-state index in [4.69, 9.17) is 15.2 Å². The van der Waals surface area contributed by atoms with Crippen molar-refractivity contribution in [3.8, 4) is 11.8 Å². The minimum absolute atomic E-state index is 0.00859. The van der Waals surface area contributed by atoms with Crippen molar-refractivity contribution in [3.05, 3.63) is 46.5 Å². The lowest BCUT2D eigenvalue weighted by atomic mass is 9.52. The average molecular weight is 518 g/mol. The molecule has 4 fully saturated rings. The Morgan fingerprint density at radius 3 is 2.37 bits per heavy atom. The average Bonchev–Trinajstić information content (AvgIpc) is 3.18. The van der Waals surface area contributed by atoms with Crippen LogP contribution in [0.25, 0.3) is 0 Å². The third kappa shape index (κ3) is 4.68. The van der Waals surface area contributed by atoms with Crippen LogP contribution in [0.2, 0.25) is 0 Å². The van der Waals surface area contributed by atoms with E-state index in [1.165, 1.54) is 18.4 Å². The van der Waals surface area contributed by atoms with Crippen molar-refractivity contribution in [2.45, 2.75) is 109 Å². The highest BCUT2D eigenvalue weighted by molar-refractivity contribution is 5.44. The number of aliphatic hydroxyl groups excluding tert-OH is 1. The Bertz CT molecular complexity index is 1150. The summed E-state index contributed by atoms with van der Waals surface area (Å²) < 4.78 is 13.0. The SMILES string of the molecule is CC(C)(N)C#Cc1ccc(C2CC3(C)C(O)CCC3C3CCC4CC5(CCC4=C23)OCC(C)(C)CO5)cc1. The molecule has 1 aromatic carbocycles. The Morgan fingerprint density at radius 2 is 1.68 bits per heavy atom. The summed E-state index contributed by atoms with van der Waals surface area (Å²) in [5, 5.41) is 11.2. The lowest BCUT2D eigenvalue weighted by Gasteiger charge is -2.55. The Hall–Kier alpha value is -1.64. The van der Waals surface area contributed by atoms with E-state index in [1.54, 1.807) is 11.1 Å². The molecule has 3 saturated carbocycles. The standard InChI is InChI=1S/C34H47NO3/c1-31(2)20-37-34(38-21-31)17-15-25-24(18-34)10-11-26-28-12-13-29(36)33(28,5)19-27(30(25)26)23-8-6-22(7-9-23)14-16-32(3,4)35/h6-9,24,26-29,36H,10-13,15,17-21,35H2,1-5H3. The molecule has 4 heteroatoms. The van der Waals surface area contributed by atoms with Gasteiger partial charge in [0.05, 0.1) is 24.9 Å². The second-order valence-corrected chi connectivity index (χ2v) is 14.8. The maximum absolute atomic E-state index is 11.2. The minimum Gasteiger partial charge on any atom is -0.393 e. The van der Waals surface area contributed by atoms with Crippen LogP contribution in [0.5, 0.6) is 0 Å². The normalized spacial score (nSPS) is 37.6. The van der Waals surface area contributed by atoms with Gasteiger partial charge in [0.1, 0.15) is 0 Å². The highest BCUT2D eigenvalue weighted by Crippen LogP contribution is 2.65. The van der Waals surface area contributed by atoms with Gasteiger partial charge in [-0.1, -0.05) is 55.9 Å². The van der Waals surface area contributed by atoms with Crippen molar-refractivity contribution >= 4 is 0 Å². The van der Waals surface area contributed by atoms with Gasteiger partial charge < -0.3 is 20.3 Å². The molecule has 0 radical (unpaired) electrons. The molecule has 206 valence electrons. The Morgan fingerprint density at radius 1 is 0.974 bits per heavy atom. The molecule has 0 bridgehead atoms. The molecule has 1 heterocycles. The maximum atomic E-state index is 11.2. The van der Waals surface area contributed by atoms with Gasteiger partial charge in [-0.2, -0.15) is 0 Å². The number of nitrogens with two attached hydrogens (primary N) is 1. The zero-order valence-corrected chi connectivity index (χ0v) is 24.1. The summed E-state index contributed by atoms with van der Waals surface area (Å²) in [7, 11) is 0. The molecule has 6 rings (SSSR count). The quantitative estimate of drug-likeness (QED) is 0.338. The van der Waals surface area contributed by atoms with Crippen molar-refractivity contribution in [3.63, 3.8) is 0 Å². The van der Waals surface area contributed by atoms with Crippen LogP contribution >= 0.6 is 0 Å². The van der Waals surface area contributed by atoms with Gasteiger partial charge >= 0.3 is 0 Å². The van der Waals surface area contributed by atoms with Crippen molar-refractivity contribution in [1.82, 2.24) is 0 Å². The van der Waals surface area contributed by atoms with Crippen LogP contribution in [-0.4, -0.2) is 35.8 Å². The predicted octanol–water partition coefficient (Wildman–Crippen LogP) is 6.32. The van der Waals surface area contributed by atoms with Gasteiger partial charge in [-0.25, -0.2) is 0 Å². The third-order valence-corrected chi connectivity index (χ3v) is 10.6. The summed E-state index contributed by atoms with van der Waals surface area (Å²) in [5.74, 6) is 8.10.